The summed E-state index contributed by atoms with van der Waals surface area (Å²) in [6, 6.07) is 13.9. The second-order valence-electron chi connectivity index (χ2n) is 16.8. The average Bonchev–Trinajstić information content (AvgIpc) is 3.47. The molecule has 13 heteroatoms. The number of benzene rings is 2. The molecule has 0 bridgehead atoms. The van der Waals surface area contributed by atoms with Crippen LogP contribution in [-0.2, 0) is 22.0 Å². The first kappa shape index (κ1) is 42.8. The van der Waals surface area contributed by atoms with Crippen LogP contribution in [0.5, 0.6) is 5.75 Å². The number of carbonyl (C=O) groups excluding carboxylic acids is 1. The maximum Gasteiger partial charge on any atom is 0.453 e. The quantitative estimate of drug-likeness (QED) is 0.122. The van der Waals surface area contributed by atoms with E-state index in [1.54, 1.807) is 0 Å². The highest BCUT2D eigenvalue weighted by molar-refractivity contribution is 7.84. The van der Waals surface area contributed by atoms with Gasteiger partial charge in [0.15, 0.2) is 0 Å². The molecule has 4 aliphatic rings. The number of aliphatic hydroxyl groups is 1. The molecule has 1 aliphatic heterocycles. The Bertz CT molecular complexity index is 1620. The Morgan fingerprint density at radius 3 is 2.32 bits per heavy atom. The maximum absolute atomic E-state index is 13.1. The van der Waals surface area contributed by atoms with Gasteiger partial charge < -0.3 is 19.5 Å². The molecule has 1 amide bonds. The fourth-order valence-corrected chi connectivity index (χ4v) is 11.4. The van der Waals surface area contributed by atoms with Crippen LogP contribution in [0.3, 0.4) is 0 Å². The van der Waals surface area contributed by atoms with E-state index >= 15 is 0 Å². The number of unbranched alkanes of at least 4 members (excludes halogenated alkanes) is 6. The molecule has 2 saturated carbocycles. The third kappa shape index (κ3) is 10.4. The number of halogens is 5. The molecule has 2 N–H and O–H groups in total. The summed E-state index contributed by atoms with van der Waals surface area (Å²) in [5, 5.41) is 13.9. The van der Waals surface area contributed by atoms with Crippen molar-refractivity contribution in [3.8, 4) is 5.75 Å². The zero-order valence-electron chi connectivity index (χ0n) is 32.6. The predicted molar refractivity (Wildman–Crippen MR) is 210 cm³/mol. The molecular weight excluding hydrogens is 752 g/mol. The first-order chi connectivity index (χ1) is 26.7. The Morgan fingerprint density at radius 2 is 1.61 bits per heavy atom. The molecule has 1 saturated heterocycles. The van der Waals surface area contributed by atoms with Crippen LogP contribution in [0.1, 0.15) is 114 Å². The van der Waals surface area contributed by atoms with Gasteiger partial charge in [0, 0.05) is 53.2 Å². The van der Waals surface area contributed by atoms with Gasteiger partial charge in [-0.05, 0) is 128 Å². The summed E-state index contributed by atoms with van der Waals surface area (Å²) in [6.45, 7) is 5.39. The van der Waals surface area contributed by atoms with E-state index in [1.807, 2.05) is 30.3 Å². The highest BCUT2D eigenvalue weighted by Crippen LogP contribution is 2.62. The number of hydrogen-bond acceptors (Lipinski definition) is 6. The van der Waals surface area contributed by atoms with E-state index in [4.69, 9.17) is 9.47 Å². The van der Waals surface area contributed by atoms with E-state index in [-0.39, 0.29) is 17.3 Å². The van der Waals surface area contributed by atoms with Crippen molar-refractivity contribution in [3.63, 3.8) is 0 Å². The first-order valence-electron chi connectivity index (χ1n) is 20.8. The van der Waals surface area contributed by atoms with Gasteiger partial charge in [-0.15, -0.1) is 0 Å². The van der Waals surface area contributed by atoms with Crippen LogP contribution in [0.25, 0.3) is 0 Å². The zero-order valence-corrected chi connectivity index (χ0v) is 33.4. The van der Waals surface area contributed by atoms with E-state index in [9.17, 15) is 36.1 Å². The second-order valence-corrected chi connectivity index (χ2v) is 18.5. The van der Waals surface area contributed by atoms with Crippen molar-refractivity contribution in [2.75, 3.05) is 48.0 Å². The number of hydrogen-bond donors (Lipinski definition) is 2. The molecule has 0 spiro atoms. The number of morpholine rings is 1. The van der Waals surface area contributed by atoms with Gasteiger partial charge in [-0.3, -0.25) is 9.53 Å². The lowest BCUT2D eigenvalue weighted by molar-refractivity contribution is -0.284. The maximum atomic E-state index is 13.1. The van der Waals surface area contributed by atoms with Crippen molar-refractivity contribution in [3.05, 3.63) is 53.6 Å². The van der Waals surface area contributed by atoms with E-state index in [1.165, 1.54) is 11.1 Å². The van der Waals surface area contributed by atoms with Gasteiger partial charge in [0.1, 0.15) is 5.75 Å². The largest absolute Gasteiger partial charge is 0.453 e. The topological polar surface area (TPSA) is 88.1 Å². The van der Waals surface area contributed by atoms with Crippen LogP contribution < -0.4 is 15.0 Å². The number of anilines is 2. The van der Waals surface area contributed by atoms with Gasteiger partial charge >= 0.3 is 18.2 Å². The van der Waals surface area contributed by atoms with E-state index in [2.05, 4.69) is 29.3 Å². The van der Waals surface area contributed by atoms with Crippen LogP contribution in [0.15, 0.2) is 42.5 Å². The van der Waals surface area contributed by atoms with E-state index in [0.717, 1.165) is 95.8 Å². The minimum Gasteiger partial charge on any atom is -0.410 e. The summed E-state index contributed by atoms with van der Waals surface area (Å²) >= 11 is 0. The summed E-state index contributed by atoms with van der Waals surface area (Å²) in [4.78, 5) is 15.2. The molecule has 2 aromatic rings. The van der Waals surface area contributed by atoms with Crippen molar-refractivity contribution >= 4 is 28.3 Å². The van der Waals surface area contributed by atoms with Crippen LogP contribution in [0, 0.1) is 23.2 Å². The number of carbonyl (C=O) groups is 1. The fraction of sp³-hybridized carbons (Fsp3) is 0.698. The van der Waals surface area contributed by atoms with Crippen molar-refractivity contribution in [1.82, 2.24) is 0 Å². The Hall–Kier alpha value is -2.77. The molecule has 6 rings (SSSR count). The Balaban J connectivity index is 0.971. The minimum absolute atomic E-state index is 0.0454. The number of nitrogens with zero attached hydrogens (tertiary/aromatic N) is 1. The third-order valence-electron chi connectivity index (χ3n) is 13.2. The molecule has 3 aliphatic carbocycles. The Labute approximate surface area is 330 Å². The highest BCUT2D eigenvalue weighted by atomic mass is 32.2. The van der Waals surface area contributed by atoms with Crippen molar-refractivity contribution in [1.29, 1.82) is 0 Å². The standard InChI is InChI=1S/C43H59F5N2O5S/c1-41-21-19-36-35-16-15-34(55-40(52)49-32-11-13-33(14-12-32)50-22-24-54-25-23-50)29-31(35)28-30(39(36)37(41)17-18-38(41)51)10-7-5-3-2-4-6-8-26-56(53)27-9-20-42(44,45)43(46,47)48/h11-16,29-30,36-39,51H,2-10,17-28H2,1H3,(H,49,52)/t30-,36-,37+,38+,39-,41+,56?/m1/s1. The van der Waals surface area contributed by atoms with E-state index < -0.39 is 41.8 Å². The first-order valence-corrected chi connectivity index (χ1v) is 22.3. The molecular formula is C43H59F5N2O5S. The number of aliphatic hydroxyl groups excluding tert-OH is 1. The van der Waals surface area contributed by atoms with Crippen LogP contribution in [0.4, 0.5) is 38.1 Å². The van der Waals surface area contributed by atoms with Gasteiger partial charge in [0.05, 0.1) is 19.3 Å². The van der Waals surface area contributed by atoms with E-state index in [0.29, 0.717) is 60.5 Å². The molecule has 56 heavy (non-hydrogen) atoms. The zero-order chi connectivity index (χ0) is 39.9. The highest BCUT2D eigenvalue weighted by Gasteiger charge is 2.57. The van der Waals surface area contributed by atoms with Crippen molar-refractivity contribution < 1.29 is 45.5 Å². The van der Waals surface area contributed by atoms with Gasteiger partial charge in [-0.1, -0.05) is 51.5 Å². The molecule has 0 aromatic heterocycles. The SMILES string of the molecule is C[C@]12CC[C@@H]3c4ccc(OC(=O)Nc5ccc(N6CCOCC6)cc5)cc4C[C@@H](CCCCCCCCCS(=O)CCCC(F)(F)C(F)(F)F)[C@H]3[C@@H]1CC[C@@H]2O. The van der Waals surface area contributed by atoms with Crippen LogP contribution >= 0.6 is 0 Å². The van der Waals surface area contributed by atoms with Gasteiger partial charge in [-0.2, -0.15) is 22.0 Å². The normalized spacial score (nSPS) is 26.9. The van der Waals surface area contributed by atoms with Crippen molar-refractivity contribution in [2.45, 2.75) is 127 Å². The average molecular weight is 811 g/mol. The monoisotopic (exact) mass is 810 g/mol. The minimum atomic E-state index is -5.56. The molecule has 1 heterocycles. The molecule has 2 aromatic carbocycles. The molecule has 3 fully saturated rings. The molecule has 312 valence electrons. The fourth-order valence-electron chi connectivity index (χ4n) is 10.2. The second kappa shape index (κ2) is 18.9. The summed E-state index contributed by atoms with van der Waals surface area (Å²) in [5.74, 6) is -2.10. The van der Waals surface area contributed by atoms with Crippen LogP contribution in [0.2, 0.25) is 0 Å². The number of rotatable bonds is 17. The lowest BCUT2D eigenvalue weighted by Crippen LogP contribution is -2.47. The molecule has 0 radical (unpaired) electrons. The predicted octanol–water partition coefficient (Wildman–Crippen LogP) is 10.4. The molecule has 7 nitrogen and oxygen atoms in total. The number of alkyl halides is 5. The third-order valence-corrected chi connectivity index (χ3v) is 14.7. The summed E-state index contributed by atoms with van der Waals surface area (Å²) in [6.07, 6.45) is 4.76. The van der Waals surface area contributed by atoms with Gasteiger partial charge in [0.2, 0.25) is 0 Å². The number of fused-ring (bicyclic) bond motifs is 5. The number of amides is 1. The number of ether oxygens (including phenoxy) is 2. The summed E-state index contributed by atoms with van der Waals surface area (Å²) in [7, 11) is -1.38. The number of nitrogens with one attached hydrogen (secondary N) is 1. The Kier molecular flexibility index (Phi) is 14.4. The van der Waals surface area contributed by atoms with Gasteiger partial charge in [-0.25, -0.2) is 4.79 Å². The Morgan fingerprint density at radius 1 is 0.929 bits per heavy atom. The molecule has 7 atom stereocenters. The van der Waals surface area contributed by atoms with Crippen molar-refractivity contribution in [2.24, 2.45) is 23.2 Å². The smallest absolute Gasteiger partial charge is 0.410 e. The lowest BCUT2D eigenvalue weighted by atomic mass is 9.52. The summed E-state index contributed by atoms with van der Waals surface area (Å²) in [5.41, 5.74) is 4.33. The summed E-state index contributed by atoms with van der Waals surface area (Å²) < 4.78 is 86.5. The van der Waals surface area contributed by atoms with Gasteiger partial charge in [0.25, 0.3) is 0 Å². The molecule has 1 unspecified atom stereocenters. The lowest BCUT2D eigenvalue weighted by Gasteiger charge is -2.53. The van der Waals surface area contributed by atoms with Crippen LogP contribution in [-0.4, -0.2) is 71.4 Å².